The first kappa shape index (κ1) is 18.0. The summed E-state index contributed by atoms with van der Waals surface area (Å²) in [7, 11) is 1.52. The van der Waals surface area contributed by atoms with Crippen LogP contribution in [0.15, 0.2) is 40.9 Å². The number of hydrogen-bond donors (Lipinski definition) is 0. The summed E-state index contributed by atoms with van der Waals surface area (Å²) in [5, 5.41) is 1.31. The second-order valence-corrected chi connectivity index (χ2v) is 6.92. The number of fused-ring (bicyclic) bond motifs is 1. The maximum atomic E-state index is 12.6. The first-order valence-corrected chi connectivity index (χ1v) is 8.76. The van der Waals surface area contributed by atoms with Gasteiger partial charge in [-0.2, -0.15) is 0 Å². The molecular formula is C18H12BrCl2NO3. The van der Waals surface area contributed by atoms with Gasteiger partial charge in [0, 0.05) is 15.6 Å². The molecule has 0 N–H and O–H groups in total. The van der Waals surface area contributed by atoms with Crippen LogP contribution in [0.4, 0.5) is 0 Å². The highest BCUT2D eigenvalue weighted by Crippen LogP contribution is 2.38. The molecule has 25 heavy (non-hydrogen) atoms. The Kier molecular flexibility index (Phi) is 5.18. The van der Waals surface area contributed by atoms with Gasteiger partial charge >= 0.3 is 5.97 Å². The number of methoxy groups -OCH3 is 1. The quantitative estimate of drug-likeness (QED) is 0.379. The third-order valence-electron chi connectivity index (χ3n) is 3.57. The van der Waals surface area contributed by atoms with Gasteiger partial charge < -0.3 is 9.47 Å². The van der Waals surface area contributed by atoms with Crippen LogP contribution in [0.5, 0.6) is 11.5 Å². The van der Waals surface area contributed by atoms with Crippen LogP contribution in [0.2, 0.25) is 10.0 Å². The van der Waals surface area contributed by atoms with Crippen LogP contribution in [0, 0.1) is 6.92 Å². The smallest absolute Gasteiger partial charge is 0.344 e. The Morgan fingerprint density at radius 2 is 1.88 bits per heavy atom. The Morgan fingerprint density at radius 3 is 2.60 bits per heavy atom. The van der Waals surface area contributed by atoms with E-state index in [1.165, 1.54) is 13.2 Å². The molecule has 3 rings (SSSR count). The van der Waals surface area contributed by atoms with E-state index in [1.54, 1.807) is 18.2 Å². The number of carbonyl (C=O) groups is 1. The van der Waals surface area contributed by atoms with Crippen molar-refractivity contribution >= 4 is 56.0 Å². The number of aromatic nitrogens is 1. The summed E-state index contributed by atoms with van der Waals surface area (Å²) in [5.74, 6) is 0.125. The van der Waals surface area contributed by atoms with Gasteiger partial charge in [0.1, 0.15) is 11.3 Å². The molecule has 1 aromatic heterocycles. The van der Waals surface area contributed by atoms with Gasteiger partial charge in [-0.3, -0.25) is 0 Å². The van der Waals surface area contributed by atoms with Crippen LogP contribution >= 0.6 is 39.1 Å². The van der Waals surface area contributed by atoms with Crippen LogP contribution in [0.1, 0.15) is 16.1 Å². The lowest BCUT2D eigenvalue weighted by atomic mass is 10.2. The van der Waals surface area contributed by atoms with E-state index in [2.05, 4.69) is 20.9 Å². The highest BCUT2D eigenvalue weighted by molar-refractivity contribution is 9.10. The molecule has 0 spiro atoms. The van der Waals surface area contributed by atoms with Gasteiger partial charge in [0.2, 0.25) is 0 Å². The summed E-state index contributed by atoms with van der Waals surface area (Å²) in [6.07, 6.45) is 0. The molecule has 0 saturated heterocycles. The predicted octanol–water partition coefficient (Wildman–Crippen LogP) is 5.84. The number of aryl methyl sites for hydroxylation is 1. The zero-order valence-electron chi connectivity index (χ0n) is 13.3. The molecule has 3 aromatic rings. The Morgan fingerprint density at radius 1 is 1.12 bits per heavy atom. The number of hydrogen-bond acceptors (Lipinski definition) is 4. The van der Waals surface area contributed by atoms with Crippen molar-refractivity contribution in [3.63, 3.8) is 0 Å². The van der Waals surface area contributed by atoms with Crippen LogP contribution in [-0.2, 0) is 0 Å². The molecule has 0 atom stereocenters. The molecular weight excluding hydrogens is 429 g/mol. The molecule has 0 fully saturated rings. The lowest BCUT2D eigenvalue weighted by Crippen LogP contribution is -2.10. The van der Waals surface area contributed by atoms with Crippen molar-refractivity contribution in [1.82, 2.24) is 4.98 Å². The normalized spacial score (nSPS) is 10.8. The van der Waals surface area contributed by atoms with E-state index < -0.39 is 5.97 Å². The van der Waals surface area contributed by atoms with Gasteiger partial charge in [-0.1, -0.05) is 23.2 Å². The minimum Gasteiger partial charge on any atom is -0.497 e. The third kappa shape index (κ3) is 3.59. The topological polar surface area (TPSA) is 48.4 Å². The summed E-state index contributed by atoms with van der Waals surface area (Å²) >= 11 is 15.8. The molecule has 0 saturated carbocycles. The van der Waals surface area contributed by atoms with Crippen LogP contribution in [0.25, 0.3) is 10.9 Å². The fourth-order valence-electron chi connectivity index (χ4n) is 2.32. The highest BCUT2D eigenvalue weighted by atomic mass is 79.9. The number of ether oxygens (including phenoxy) is 2. The van der Waals surface area contributed by atoms with E-state index in [9.17, 15) is 4.79 Å². The molecule has 0 radical (unpaired) electrons. The van der Waals surface area contributed by atoms with E-state index in [-0.39, 0.29) is 10.8 Å². The standard InChI is InChI=1S/C18H12BrCl2NO3/c1-9-3-5-11-14(20)8-15(21)17(16(11)22-9)25-18(23)12-7-10(24-2)4-6-13(12)19/h3-8H,1-2H3. The number of rotatable bonds is 3. The first-order valence-electron chi connectivity index (χ1n) is 7.21. The molecule has 0 aliphatic carbocycles. The maximum Gasteiger partial charge on any atom is 0.344 e. The summed E-state index contributed by atoms with van der Waals surface area (Å²) in [5.41, 5.74) is 1.50. The van der Waals surface area contributed by atoms with Crippen LogP contribution in [-0.4, -0.2) is 18.1 Å². The molecule has 128 valence electrons. The Hall–Kier alpha value is -1.82. The Labute approximate surface area is 162 Å². The number of esters is 1. The van der Waals surface area contributed by atoms with Crippen LogP contribution in [0.3, 0.4) is 0 Å². The minimum absolute atomic E-state index is 0.171. The van der Waals surface area contributed by atoms with Crippen molar-refractivity contribution in [3.05, 3.63) is 62.2 Å². The van der Waals surface area contributed by atoms with E-state index in [4.69, 9.17) is 32.7 Å². The summed E-state index contributed by atoms with van der Waals surface area (Å²) in [4.78, 5) is 17.1. The number of nitrogens with zero attached hydrogens (tertiary/aromatic N) is 1. The summed E-state index contributed by atoms with van der Waals surface area (Å²) in [6.45, 7) is 1.83. The fourth-order valence-corrected chi connectivity index (χ4v) is 3.29. The zero-order valence-corrected chi connectivity index (χ0v) is 16.4. The van der Waals surface area contributed by atoms with Gasteiger partial charge in [0.15, 0.2) is 5.75 Å². The molecule has 0 aliphatic heterocycles. The SMILES string of the molecule is COc1ccc(Br)c(C(=O)Oc2c(Cl)cc(Cl)c3ccc(C)nc23)c1. The average molecular weight is 441 g/mol. The van der Waals surface area contributed by atoms with E-state index >= 15 is 0 Å². The van der Waals surface area contributed by atoms with Crippen molar-refractivity contribution in [2.75, 3.05) is 7.11 Å². The van der Waals surface area contributed by atoms with Crippen molar-refractivity contribution in [3.8, 4) is 11.5 Å². The van der Waals surface area contributed by atoms with Gasteiger partial charge in [-0.25, -0.2) is 9.78 Å². The average Bonchev–Trinajstić information content (AvgIpc) is 2.58. The van der Waals surface area contributed by atoms with Gasteiger partial charge in [0.25, 0.3) is 0 Å². The largest absolute Gasteiger partial charge is 0.497 e. The number of benzene rings is 2. The Bertz CT molecular complexity index is 992. The molecule has 4 nitrogen and oxygen atoms in total. The monoisotopic (exact) mass is 439 g/mol. The summed E-state index contributed by atoms with van der Waals surface area (Å²) in [6, 6.07) is 10.2. The summed E-state index contributed by atoms with van der Waals surface area (Å²) < 4.78 is 11.3. The molecule has 2 aromatic carbocycles. The van der Waals surface area contributed by atoms with E-state index in [0.29, 0.717) is 31.7 Å². The van der Waals surface area contributed by atoms with E-state index in [0.717, 1.165) is 5.69 Å². The molecule has 7 heteroatoms. The second-order valence-electron chi connectivity index (χ2n) is 5.25. The minimum atomic E-state index is -0.584. The van der Waals surface area contributed by atoms with Gasteiger partial charge in [-0.15, -0.1) is 0 Å². The lowest BCUT2D eigenvalue weighted by Gasteiger charge is -2.12. The van der Waals surface area contributed by atoms with E-state index in [1.807, 2.05) is 19.1 Å². The van der Waals surface area contributed by atoms with Gasteiger partial charge in [0.05, 0.1) is 22.7 Å². The van der Waals surface area contributed by atoms with Crippen molar-refractivity contribution in [1.29, 1.82) is 0 Å². The van der Waals surface area contributed by atoms with Gasteiger partial charge in [-0.05, 0) is 59.3 Å². The molecule has 0 amide bonds. The fraction of sp³-hybridized carbons (Fsp3) is 0.111. The number of pyridine rings is 1. The Balaban J connectivity index is 2.09. The third-order valence-corrected chi connectivity index (χ3v) is 4.85. The van der Waals surface area contributed by atoms with Crippen molar-refractivity contribution in [2.24, 2.45) is 0 Å². The van der Waals surface area contributed by atoms with Crippen molar-refractivity contribution in [2.45, 2.75) is 6.92 Å². The molecule has 1 heterocycles. The predicted molar refractivity (Wildman–Crippen MR) is 102 cm³/mol. The number of halogens is 3. The molecule has 0 unspecified atom stereocenters. The zero-order chi connectivity index (χ0) is 18.1. The van der Waals surface area contributed by atoms with Crippen LogP contribution < -0.4 is 9.47 Å². The highest BCUT2D eigenvalue weighted by Gasteiger charge is 2.19. The first-order chi connectivity index (χ1) is 11.9. The van der Waals surface area contributed by atoms with Crippen molar-refractivity contribution < 1.29 is 14.3 Å². The second kappa shape index (κ2) is 7.20. The molecule has 0 aliphatic rings. The maximum absolute atomic E-state index is 12.6. The lowest BCUT2D eigenvalue weighted by molar-refractivity contribution is 0.0735. The molecule has 0 bridgehead atoms. The number of carbonyl (C=O) groups excluding carboxylic acids is 1.